The SMILES string of the molecule is O=C(O)c1ccccc1CC1CCN(C(=O)CS(=O)(=O)C2CCCC2)CC1. The number of rotatable bonds is 6. The highest BCUT2D eigenvalue weighted by Gasteiger charge is 2.33. The number of nitrogens with zero attached hydrogens (tertiary/aromatic N) is 1. The fraction of sp³-hybridized carbons (Fsp3) is 0.600. The van der Waals surface area contributed by atoms with E-state index in [9.17, 15) is 23.1 Å². The summed E-state index contributed by atoms with van der Waals surface area (Å²) in [5.74, 6) is -1.27. The van der Waals surface area contributed by atoms with Crippen LogP contribution in [0.4, 0.5) is 0 Å². The van der Waals surface area contributed by atoms with Gasteiger partial charge in [-0.25, -0.2) is 13.2 Å². The van der Waals surface area contributed by atoms with E-state index in [2.05, 4.69) is 0 Å². The van der Waals surface area contributed by atoms with Crippen LogP contribution in [0.5, 0.6) is 0 Å². The molecule has 1 aromatic carbocycles. The lowest BCUT2D eigenvalue weighted by Crippen LogP contribution is -2.43. The second kappa shape index (κ2) is 8.42. The number of carbonyl (C=O) groups excluding carboxylic acids is 1. The minimum absolute atomic E-state index is 0.286. The fourth-order valence-electron chi connectivity index (χ4n) is 4.23. The molecular weight excluding hydrogens is 366 g/mol. The molecule has 1 aliphatic heterocycles. The minimum atomic E-state index is -3.34. The second-order valence-electron chi connectivity index (χ2n) is 7.70. The van der Waals surface area contributed by atoms with E-state index in [1.807, 2.05) is 12.1 Å². The van der Waals surface area contributed by atoms with Crippen molar-refractivity contribution in [3.05, 3.63) is 35.4 Å². The molecule has 3 rings (SSSR count). The maximum atomic E-state index is 12.4. The van der Waals surface area contributed by atoms with Crippen LogP contribution in [0.1, 0.15) is 54.4 Å². The molecule has 0 spiro atoms. The molecule has 7 heteroatoms. The van der Waals surface area contributed by atoms with Gasteiger partial charge in [-0.3, -0.25) is 4.79 Å². The largest absolute Gasteiger partial charge is 0.478 e. The van der Waals surface area contributed by atoms with Gasteiger partial charge in [-0.2, -0.15) is 0 Å². The highest BCUT2D eigenvalue weighted by Crippen LogP contribution is 2.27. The molecule has 2 aliphatic rings. The van der Waals surface area contributed by atoms with Crippen molar-refractivity contribution in [2.45, 2.75) is 50.2 Å². The van der Waals surface area contributed by atoms with Gasteiger partial charge in [0.15, 0.2) is 9.84 Å². The lowest BCUT2D eigenvalue weighted by atomic mass is 9.88. The van der Waals surface area contributed by atoms with Crippen LogP contribution in [-0.4, -0.2) is 54.4 Å². The van der Waals surface area contributed by atoms with Crippen molar-refractivity contribution >= 4 is 21.7 Å². The Hall–Kier alpha value is -1.89. The molecule has 27 heavy (non-hydrogen) atoms. The first kappa shape index (κ1) is 19.9. The third-order valence-electron chi connectivity index (χ3n) is 5.86. The van der Waals surface area contributed by atoms with Crippen LogP contribution in [0.25, 0.3) is 0 Å². The van der Waals surface area contributed by atoms with Crippen LogP contribution in [0.3, 0.4) is 0 Å². The van der Waals surface area contributed by atoms with Crippen molar-refractivity contribution in [1.82, 2.24) is 4.90 Å². The van der Waals surface area contributed by atoms with E-state index in [0.29, 0.717) is 43.8 Å². The van der Waals surface area contributed by atoms with Gasteiger partial charge in [-0.05, 0) is 49.7 Å². The molecule has 0 unspecified atom stereocenters. The molecule has 1 heterocycles. The summed E-state index contributed by atoms with van der Waals surface area (Å²) in [5.41, 5.74) is 1.15. The molecule has 0 atom stereocenters. The van der Waals surface area contributed by atoms with Crippen molar-refractivity contribution in [3.63, 3.8) is 0 Å². The Morgan fingerprint density at radius 1 is 1.04 bits per heavy atom. The number of aromatic carboxylic acids is 1. The molecule has 2 fully saturated rings. The molecule has 1 saturated heterocycles. The maximum Gasteiger partial charge on any atom is 0.335 e. The minimum Gasteiger partial charge on any atom is -0.478 e. The van der Waals surface area contributed by atoms with E-state index in [-0.39, 0.29) is 16.9 Å². The molecule has 0 aromatic heterocycles. The van der Waals surface area contributed by atoms with Gasteiger partial charge < -0.3 is 10.0 Å². The van der Waals surface area contributed by atoms with Gasteiger partial charge >= 0.3 is 5.97 Å². The average Bonchev–Trinajstić information content (AvgIpc) is 3.18. The van der Waals surface area contributed by atoms with Gasteiger partial charge in [0.25, 0.3) is 0 Å². The summed E-state index contributed by atoms with van der Waals surface area (Å²) < 4.78 is 24.8. The van der Waals surface area contributed by atoms with Gasteiger partial charge in [0.05, 0.1) is 10.8 Å². The Morgan fingerprint density at radius 3 is 2.30 bits per heavy atom. The molecule has 148 valence electrons. The zero-order valence-corrected chi connectivity index (χ0v) is 16.3. The Labute approximate surface area is 160 Å². The first-order valence-corrected chi connectivity index (χ1v) is 11.4. The van der Waals surface area contributed by atoms with Crippen LogP contribution in [0.15, 0.2) is 24.3 Å². The van der Waals surface area contributed by atoms with Gasteiger partial charge in [0.1, 0.15) is 5.75 Å². The molecule has 1 N–H and O–H groups in total. The van der Waals surface area contributed by atoms with Crippen LogP contribution in [-0.2, 0) is 21.1 Å². The standard InChI is InChI=1S/C20H27NO5S/c22-19(14-27(25,26)17-6-2-3-7-17)21-11-9-15(10-12-21)13-16-5-1-4-8-18(16)20(23)24/h1,4-5,8,15,17H,2-3,6-7,9-14H2,(H,23,24). The van der Waals surface area contributed by atoms with Crippen molar-refractivity contribution < 1.29 is 23.1 Å². The first-order chi connectivity index (χ1) is 12.9. The summed E-state index contributed by atoms with van der Waals surface area (Å²) in [5, 5.41) is 8.96. The topological polar surface area (TPSA) is 91.8 Å². The number of hydrogen-bond acceptors (Lipinski definition) is 4. The number of likely N-dealkylation sites (tertiary alicyclic amines) is 1. The average molecular weight is 394 g/mol. The van der Waals surface area contributed by atoms with Gasteiger partial charge in [-0.15, -0.1) is 0 Å². The molecule has 1 aromatic rings. The summed E-state index contributed by atoms with van der Waals surface area (Å²) >= 11 is 0. The van der Waals surface area contributed by atoms with Gasteiger partial charge in [0, 0.05) is 13.1 Å². The third kappa shape index (κ3) is 4.89. The Balaban J connectivity index is 1.53. The number of sulfone groups is 1. The second-order valence-corrected chi connectivity index (χ2v) is 9.99. The number of carbonyl (C=O) groups is 2. The zero-order valence-electron chi connectivity index (χ0n) is 15.5. The molecule has 1 aliphatic carbocycles. The number of piperidine rings is 1. The Bertz CT molecular complexity index is 790. The third-order valence-corrected chi connectivity index (χ3v) is 7.99. The summed E-state index contributed by atoms with van der Waals surface area (Å²) in [4.78, 5) is 25.4. The van der Waals surface area contributed by atoms with Crippen molar-refractivity contribution in [2.24, 2.45) is 5.92 Å². The lowest BCUT2D eigenvalue weighted by Gasteiger charge is -2.32. The molecule has 0 bridgehead atoms. The highest BCUT2D eigenvalue weighted by atomic mass is 32.2. The van der Waals surface area contributed by atoms with Gasteiger partial charge in [0.2, 0.25) is 5.91 Å². The summed E-state index contributed by atoms with van der Waals surface area (Å²) in [7, 11) is -3.34. The van der Waals surface area contributed by atoms with Crippen LogP contribution < -0.4 is 0 Å². The summed E-state index contributed by atoms with van der Waals surface area (Å²) in [6.07, 6.45) is 5.43. The smallest absolute Gasteiger partial charge is 0.335 e. The van der Waals surface area contributed by atoms with E-state index < -0.39 is 15.8 Å². The van der Waals surface area contributed by atoms with Crippen LogP contribution >= 0.6 is 0 Å². The predicted octanol–water partition coefficient (Wildman–Crippen LogP) is 2.52. The highest BCUT2D eigenvalue weighted by molar-refractivity contribution is 7.92. The molecular formula is C20H27NO5S. The quantitative estimate of drug-likeness (QED) is 0.802. The summed E-state index contributed by atoms with van der Waals surface area (Å²) in [6.45, 7) is 1.08. The van der Waals surface area contributed by atoms with E-state index in [0.717, 1.165) is 31.2 Å². The van der Waals surface area contributed by atoms with Crippen molar-refractivity contribution in [1.29, 1.82) is 0 Å². The zero-order chi connectivity index (χ0) is 19.4. The lowest BCUT2D eigenvalue weighted by molar-refractivity contribution is -0.129. The number of benzene rings is 1. The van der Waals surface area contributed by atoms with E-state index in [1.165, 1.54) is 0 Å². The molecule has 1 saturated carbocycles. The van der Waals surface area contributed by atoms with E-state index in [4.69, 9.17) is 0 Å². The van der Waals surface area contributed by atoms with Crippen molar-refractivity contribution in [3.8, 4) is 0 Å². The van der Waals surface area contributed by atoms with E-state index >= 15 is 0 Å². The number of carboxylic acid groups (broad SMARTS) is 1. The van der Waals surface area contributed by atoms with Crippen LogP contribution in [0, 0.1) is 5.92 Å². The monoisotopic (exact) mass is 393 g/mol. The molecule has 1 amide bonds. The maximum absolute atomic E-state index is 12.4. The van der Waals surface area contributed by atoms with Crippen LogP contribution in [0.2, 0.25) is 0 Å². The fourth-order valence-corrected chi connectivity index (χ4v) is 6.05. The Kier molecular flexibility index (Phi) is 6.19. The van der Waals surface area contributed by atoms with Gasteiger partial charge in [-0.1, -0.05) is 31.0 Å². The first-order valence-electron chi connectivity index (χ1n) is 9.67. The van der Waals surface area contributed by atoms with E-state index in [1.54, 1.807) is 17.0 Å². The van der Waals surface area contributed by atoms with Crippen molar-refractivity contribution in [2.75, 3.05) is 18.8 Å². The number of amides is 1. The normalized spacial score (nSPS) is 19.3. The predicted molar refractivity (Wildman–Crippen MR) is 102 cm³/mol. The Morgan fingerprint density at radius 2 is 1.67 bits per heavy atom. The molecule has 0 radical (unpaired) electrons. The summed E-state index contributed by atoms with van der Waals surface area (Å²) in [6, 6.07) is 7.02. The molecule has 6 nitrogen and oxygen atoms in total. The number of carboxylic acids is 1. The number of hydrogen-bond donors (Lipinski definition) is 1.